The second-order valence-electron chi connectivity index (χ2n) is 3.86. The van der Waals surface area contributed by atoms with Gasteiger partial charge >= 0.3 is 0 Å². The van der Waals surface area contributed by atoms with Crippen LogP contribution in [-0.2, 0) is 0 Å². The van der Waals surface area contributed by atoms with Gasteiger partial charge in [0.25, 0.3) is 11.1 Å². The van der Waals surface area contributed by atoms with E-state index in [2.05, 4.69) is 0 Å². The Labute approximate surface area is 96.9 Å². The smallest absolute Gasteiger partial charge is 0.265 e. The highest BCUT2D eigenvalue weighted by Crippen LogP contribution is 2.06. The average Bonchev–Trinajstić information content (AvgIpc) is 2.57. The third-order valence-electron chi connectivity index (χ3n) is 2.80. The molecule has 2 bridgehead atoms. The summed E-state index contributed by atoms with van der Waals surface area (Å²) in [5.41, 5.74) is 0.0484. The van der Waals surface area contributed by atoms with Gasteiger partial charge in [0, 0.05) is 10.8 Å². The van der Waals surface area contributed by atoms with Crippen LogP contribution in [0.15, 0.2) is 64.2 Å². The summed E-state index contributed by atoms with van der Waals surface area (Å²) >= 11 is 0. The molecule has 0 saturated heterocycles. The molecule has 0 saturated carbocycles. The van der Waals surface area contributed by atoms with Crippen LogP contribution in [0.3, 0.4) is 0 Å². The largest absolute Gasteiger partial charge is 0.268 e. The van der Waals surface area contributed by atoms with Crippen LogP contribution in [0.2, 0.25) is 0 Å². The Morgan fingerprint density at radius 2 is 1.12 bits per heavy atom. The molecule has 0 unspecified atom stereocenters. The fraction of sp³-hybridized carbons (Fsp3) is 0. The fourth-order valence-corrected chi connectivity index (χ4v) is 1.92. The van der Waals surface area contributed by atoms with Crippen molar-refractivity contribution in [2.45, 2.75) is 0 Å². The van der Waals surface area contributed by atoms with Crippen LogP contribution in [-0.4, -0.2) is 4.57 Å². The van der Waals surface area contributed by atoms with E-state index < -0.39 is 0 Å². The standard InChI is InChI=1S/C14H9NO2/c16-13-10-6-7-11(9-8-10)14(17)15(13)12-4-2-1-3-5-12/h1-9H. The zero-order valence-electron chi connectivity index (χ0n) is 8.96. The van der Waals surface area contributed by atoms with Gasteiger partial charge in [-0.25, -0.2) is 4.57 Å². The summed E-state index contributed by atoms with van der Waals surface area (Å²) < 4.78 is 1.21. The van der Waals surface area contributed by atoms with Crippen LogP contribution in [0.5, 0.6) is 0 Å². The molecule has 2 aromatic carbocycles. The van der Waals surface area contributed by atoms with Crippen molar-refractivity contribution in [1.82, 2.24) is 4.57 Å². The van der Waals surface area contributed by atoms with Gasteiger partial charge in [0.2, 0.25) is 0 Å². The molecule has 0 aliphatic rings. The number of rotatable bonds is 1. The molecule has 0 fully saturated rings. The summed E-state index contributed by atoms with van der Waals surface area (Å²) in [7, 11) is 0. The molecule has 0 atom stereocenters. The summed E-state index contributed by atoms with van der Waals surface area (Å²) in [5, 5.41) is 1.06. The second-order valence-corrected chi connectivity index (χ2v) is 3.86. The van der Waals surface area contributed by atoms with Gasteiger partial charge in [0.05, 0.1) is 5.69 Å². The maximum Gasteiger partial charge on any atom is 0.265 e. The minimum Gasteiger partial charge on any atom is -0.268 e. The minimum absolute atomic E-state index is 0.277. The number of para-hydroxylation sites is 1. The Balaban J connectivity index is 2.54. The first-order valence-corrected chi connectivity index (χ1v) is 5.31. The van der Waals surface area contributed by atoms with E-state index in [4.69, 9.17) is 0 Å². The van der Waals surface area contributed by atoms with Crippen molar-refractivity contribution >= 4 is 10.8 Å². The lowest BCUT2D eigenvalue weighted by atomic mass is 10.2. The monoisotopic (exact) mass is 223 g/mol. The van der Waals surface area contributed by atoms with E-state index in [0.717, 1.165) is 0 Å². The van der Waals surface area contributed by atoms with Crippen molar-refractivity contribution in [1.29, 1.82) is 0 Å². The minimum atomic E-state index is -0.277. The molecule has 3 nitrogen and oxygen atoms in total. The molecule has 17 heavy (non-hydrogen) atoms. The maximum absolute atomic E-state index is 12.2. The third-order valence-corrected chi connectivity index (χ3v) is 2.80. The van der Waals surface area contributed by atoms with Crippen molar-refractivity contribution in [3.05, 3.63) is 75.3 Å². The van der Waals surface area contributed by atoms with Crippen molar-refractivity contribution in [3.63, 3.8) is 0 Å². The summed E-state index contributed by atoms with van der Waals surface area (Å²) in [6.07, 6.45) is 0. The lowest BCUT2D eigenvalue weighted by Crippen LogP contribution is -2.27. The Morgan fingerprint density at radius 1 is 0.647 bits per heavy atom. The fourth-order valence-electron chi connectivity index (χ4n) is 1.92. The van der Waals surface area contributed by atoms with Crippen LogP contribution < -0.4 is 11.1 Å². The first-order chi connectivity index (χ1) is 8.27. The number of hydrogen-bond donors (Lipinski definition) is 0. The molecule has 2 aromatic heterocycles. The van der Waals surface area contributed by atoms with E-state index in [9.17, 15) is 9.59 Å². The maximum atomic E-state index is 12.2. The topological polar surface area (TPSA) is 39.1 Å². The van der Waals surface area contributed by atoms with Crippen LogP contribution in [0.1, 0.15) is 0 Å². The third kappa shape index (κ3) is 1.44. The van der Waals surface area contributed by atoms with E-state index in [1.165, 1.54) is 4.57 Å². The van der Waals surface area contributed by atoms with Crippen molar-refractivity contribution in [2.24, 2.45) is 0 Å². The van der Waals surface area contributed by atoms with Crippen molar-refractivity contribution in [2.75, 3.05) is 0 Å². The summed E-state index contributed by atoms with van der Waals surface area (Å²) in [4.78, 5) is 24.3. The Kier molecular flexibility index (Phi) is 2.05. The number of aromatic nitrogens is 1. The van der Waals surface area contributed by atoms with Gasteiger partial charge in [0.1, 0.15) is 0 Å². The zero-order valence-corrected chi connectivity index (χ0v) is 8.96. The molecular weight excluding hydrogens is 214 g/mol. The number of fused-ring (bicyclic) bond motifs is 4. The van der Waals surface area contributed by atoms with E-state index in [1.807, 2.05) is 6.07 Å². The molecule has 4 rings (SSSR count). The molecule has 2 heterocycles. The average molecular weight is 223 g/mol. The molecule has 0 amide bonds. The van der Waals surface area contributed by atoms with Crippen LogP contribution in [0.25, 0.3) is 16.5 Å². The van der Waals surface area contributed by atoms with E-state index in [1.54, 1.807) is 48.5 Å². The van der Waals surface area contributed by atoms with Crippen molar-refractivity contribution in [3.8, 4) is 5.69 Å². The first-order valence-electron chi connectivity index (χ1n) is 5.31. The zero-order chi connectivity index (χ0) is 11.8. The summed E-state index contributed by atoms with van der Waals surface area (Å²) in [6, 6.07) is 15.7. The lowest BCUT2D eigenvalue weighted by Gasteiger charge is -2.00. The van der Waals surface area contributed by atoms with Gasteiger partial charge < -0.3 is 0 Å². The van der Waals surface area contributed by atoms with Gasteiger partial charge in [0.15, 0.2) is 0 Å². The van der Waals surface area contributed by atoms with E-state index in [0.29, 0.717) is 16.5 Å². The SMILES string of the molecule is O=c1c2ccc(cc2)c(=O)n1-c1ccccc1. The molecule has 82 valence electrons. The molecule has 0 aliphatic heterocycles. The summed E-state index contributed by atoms with van der Waals surface area (Å²) in [5.74, 6) is 0. The molecule has 4 aromatic rings. The highest BCUT2D eigenvalue weighted by Gasteiger charge is 2.07. The van der Waals surface area contributed by atoms with E-state index >= 15 is 0 Å². The quantitative estimate of drug-likeness (QED) is 0.631. The Bertz CT molecular complexity index is 708. The van der Waals surface area contributed by atoms with Crippen LogP contribution >= 0.6 is 0 Å². The number of nitrogens with zero attached hydrogens (tertiary/aromatic N) is 1. The predicted octanol–water partition coefficient (Wildman–Crippen LogP) is 1.79. The number of benzene rings is 2. The van der Waals surface area contributed by atoms with Gasteiger partial charge in [-0.05, 0) is 36.4 Å². The van der Waals surface area contributed by atoms with Gasteiger partial charge in [-0.2, -0.15) is 0 Å². The van der Waals surface area contributed by atoms with Gasteiger partial charge in [-0.1, -0.05) is 18.2 Å². The molecule has 3 heteroatoms. The molecule has 0 aliphatic carbocycles. The Hall–Kier alpha value is -2.42. The summed E-state index contributed by atoms with van der Waals surface area (Å²) in [6.45, 7) is 0. The normalized spacial score (nSPS) is 10.8. The van der Waals surface area contributed by atoms with Gasteiger partial charge in [-0.3, -0.25) is 9.59 Å². The second kappa shape index (κ2) is 3.56. The van der Waals surface area contributed by atoms with Crippen LogP contribution in [0.4, 0.5) is 0 Å². The molecule has 0 spiro atoms. The Morgan fingerprint density at radius 3 is 1.59 bits per heavy atom. The van der Waals surface area contributed by atoms with E-state index in [-0.39, 0.29) is 11.1 Å². The van der Waals surface area contributed by atoms with Gasteiger partial charge in [-0.15, -0.1) is 0 Å². The molecule has 0 N–H and O–H groups in total. The highest BCUT2D eigenvalue weighted by molar-refractivity contribution is 5.64. The van der Waals surface area contributed by atoms with Crippen LogP contribution in [0, 0.1) is 0 Å². The first kappa shape index (κ1) is 9.78. The predicted molar refractivity (Wildman–Crippen MR) is 67.0 cm³/mol. The highest BCUT2D eigenvalue weighted by atomic mass is 16.2. The molecular formula is C14H9NO2. The number of hydrogen-bond acceptors (Lipinski definition) is 2. The van der Waals surface area contributed by atoms with Crippen molar-refractivity contribution < 1.29 is 0 Å². The molecule has 0 radical (unpaired) electrons. The lowest BCUT2D eigenvalue weighted by molar-refractivity contribution is 0.977.